The molecule has 0 aliphatic heterocycles. The number of nitrogens with one attached hydrogen (secondary N) is 1. The first-order valence-electron chi connectivity index (χ1n) is 6.87. The van der Waals surface area contributed by atoms with E-state index in [-0.39, 0.29) is 5.78 Å². The Balaban J connectivity index is 2.88. The van der Waals surface area contributed by atoms with Gasteiger partial charge in [-0.2, -0.15) is 0 Å². The average molecular weight is 269 g/mol. The molecule has 0 amide bonds. The van der Waals surface area contributed by atoms with Crippen molar-refractivity contribution in [1.29, 1.82) is 0 Å². The van der Waals surface area contributed by atoms with Crippen LogP contribution in [0.2, 0.25) is 0 Å². The van der Waals surface area contributed by atoms with E-state index in [4.69, 9.17) is 9.84 Å². The van der Waals surface area contributed by atoms with Gasteiger partial charge >= 0.3 is 5.97 Å². The van der Waals surface area contributed by atoms with Crippen LogP contribution in [0.1, 0.15) is 45.4 Å². The molecule has 0 aromatic heterocycles. The second kappa shape index (κ2) is 7.94. The van der Waals surface area contributed by atoms with Crippen LogP contribution in [0.25, 0.3) is 0 Å². The molecule has 0 aromatic carbocycles. The molecule has 1 aliphatic carbocycles. The van der Waals surface area contributed by atoms with E-state index in [1.807, 2.05) is 14.0 Å². The highest BCUT2D eigenvalue weighted by Crippen LogP contribution is 2.24. The fourth-order valence-electron chi connectivity index (χ4n) is 2.43. The van der Waals surface area contributed by atoms with Gasteiger partial charge in [0.2, 0.25) is 0 Å². The summed E-state index contributed by atoms with van der Waals surface area (Å²) in [5, 5.41) is 11.7. The largest absolute Gasteiger partial charge is 0.480 e. The van der Waals surface area contributed by atoms with Gasteiger partial charge in [0.25, 0.3) is 0 Å². The summed E-state index contributed by atoms with van der Waals surface area (Å²) in [6.07, 6.45) is 4.46. The van der Waals surface area contributed by atoms with E-state index in [0.29, 0.717) is 6.42 Å². The van der Waals surface area contributed by atoms with Crippen molar-refractivity contribution >= 4 is 11.8 Å². The molecular formula is C14H23NO4. The molecule has 0 radical (unpaired) electrons. The molecule has 1 fully saturated rings. The van der Waals surface area contributed by atoms with E-state index in [2.05, 4.69) is 5.32 Å². The lowest BCUT2D eigenvalue weighted by Gasteiger charge is -2.22. The van der Waals surface area contributed by atoms with Crippen LogP contribution in [0, 0.1) is 0 Å². The molecular weight excluding hydrogens is 246 g/mol. The van der Waals surface area contributed by atoms with Crippen molar-refractivity contribution in [3.05, 3.63) is 11.3 Å². The molecule has 1 rings (SSSR count). The zero-order valence-electron chi connectivity index (χ0n) is 11.7. The first-order valence-corrected chi connectivity index (χ1v) is 6.87. The number of hydrogen-bond acceptors (Lipinski definition) is 4. The molecule has 0 heterocycles. The van der Waals surface area contributed by atoms with Crippen molar-refractivity contribution in [2.24, 2.45) is 0 Å². The quantitative estimate of drug-likeness (QED) is 0.745. The van der Waals surface area contributed by atoms with Gasteiger partial charge in [-0.1, -0.05) is 19.8 Å². The molecule has 108 valence electrons. The molecule has 5 heteroatoms. The molecule has 19 heavy (non-hydrogen) atoms. The molecule has 1 atom stereocenters. The van der Waals surface area contributed by atoms with Gasteiger partial charge in [0.1, 0.15) is 12.7 Å². The normalized spacial score (nSPS) is 23.5. The third kappa shape index (κ3) is 4.67. The fourth-order valence-corrected chi connectivity index (χ4v) is 2.43. The van der Waals surface area contributed by atoms with Crippen LogP contribution >= 0.6 is 0 Å². The molecule has 1 aliphatic rings. The van der Waals surface area contributed by atoms with Crippen LogP contribution in [0.4, 0.5) is 0 Å². The van der Waals surface area contributed by atoms with E-state index in [9.17, 15) is 9.59 Å². The number of carbonyl (C=O) groups is 2. The maximum absolute atomic E-state index is 12.5. The zero-order valence-corrected chi connectivity index (χ0v) is 11.7. The Morgan fingerprint density at radius 3 is 2.74 bits per heavy atom. The summed E-state index contributed by atoms with van der Waals surface area (Å²) in [4.78, 5) is 23.0. The molecule has 1 unspecified atom stereocenters. The molecule has 1 saturated carbocycles. The third-order valence-electron chi connectivity index (χ3n) is 3.41. The Hall–Kier alpha value is -1.36. The van der Waals surface area contributed by atoms with Gasteiger partial charge in [-0.3, -0.25) is 4.79 Å². The predicted molar refractivity (Wildman–Crippen MR) is 71.8 cm³/mol. The minimum absolute atomic E-state index is 0.0489. The number of aliphatic carboxylic acids is 1. The Labute approximate surface area is 114 Å². The molecule has 0 saturated heterocycles. The Morgan fingerprint density at radius 2 is 2.16 bits per heavy atom. The lowest BCUT2D eigenvalue weighted by atomic mass is 9.91. The monoisotopic (exact) mass is 269 g/mol. The minimum Gasteiger partial charge on any atom is -0.480 e. The van der Waals surface area contributed by atoms with Crippen LogP contribution < -0.4 is 5.32 Å². The number of ether oxygens (including phenoxy) is 1. The van der Waals surface area contributed by atoms with E-state index in [0.717, 1.165) is 43.4 Å². The van der Waals surface area contributed by atoms with Crippen LogP contribution in [-0.4, -0.2) is 36.6 Å². The van der Waals surface area contributed by atoms with Gasteiger partial charge in [-0.05, 0) is 25.7 Å². The number of hydrogen-bond donors (Lipinski definition) is 2. The third-order valence-corrected chi connectivity index (χ3v) is 3.41. The van der Waals surface area contributed by atoms with Crippen LogP contribution in [-0.2, 0) is 14.3 Å². The zero-order chi connectivity index (χ0) is 14.3. The molecule has 5 nitrogen and oxygen atoms in total. The number of carboxylic acids is 1. The average Bonchev–Trinajstić information content (AvgIpc) is 2.37. The van der Waals surface area contributed by atoms with Crippen LogP contribution in [0.3, 0.4) is 0 Å². The molecule has 0 spiro atoms. The van der Waals surface area contributed by atoms with Crippen LogP contribution in [0.15, 0.2) is 11.3 Å². The lowest BCUT2D eigenvalue weighted by Crippen LogP contribution is -2.31. The van der Waals surface area contributed by atoms with Gasteiger partial charge in [0.05, 0.1) is 0 Å². The summed E-state index contributed by atoms with van der Waals surface area (Å²) in [6.45, 7) is 1.59. The van der Waals surface area contributed by atoms with Crippen LogP contribution in [0.5, 0.6) is 0 Å². The number of Topliss-reactive ketones (excluding diaryl/α,β-unsaturated/α-hetero) is 1. The van der Waals surface area contributed by atoms with Gasteiger partial charge in [0, 0.05) is 18.3 Å². The van der Waals surface area contributed by atoms with Gasteiger partial charge < -0.3 is 15.2 Å². The van der Waals surface area contributed by atoms with Gasteiger partial charge in [-0.15, -0.1) is 0 Å². The first kappa shape index (κ1) is 15.7. The van der Waals surface area contributed by atoms with E-state index >= 15 is 0 Å². The first-order chi connectivity index (χ1) is 9.10. The van der Waals surface area contributed by atoms with Crippen molar-refractivity contribution in [1.82, 2.24) is 5.32 Å². The summed E-state index contributed by atoms with van der Waals surface area (Å²) in [5.74, 6) is -1.09. The standard InChI is InChI=1S/C14H23NO4/c1-3-11(15-2)10-7-5-4-6-8-12(14(10)18)19-9-13(16)17/h12,15H,3-9H2,1-2H3,(H,16,17). The summed E-state index contributed by atoms with van der Waals surface area (Å²) >= 11 is 0. The number of carboxylic acid groups (broad SMARTS) is 1. The minimum atomic E-state index is -1.04. The summed E-state index contributed by atoms with van der Waals surface area (Å²) in [7, 11) is 1.81. The van der Waals surface area contributed by atoms with Crippen molar-refractivity contribution in [2.45, 2.75) is 51.6 Å². The van der Waals surface area contributed by atoms with Crippen molar-refractivity contribution in [3.8, 4) is 0 Å². The number of carbonyl (C=O) groups excluding carboxylic acids is 1. The van der Waals surface area contributed by atoms with Crippen molar-refractivity contribution < 1.29 is 19.4 Å². The fraction of sp³-hybridized carbons (Fsp3) is 0.714. The van der Waals surface area contributed by atoms with Crippen molar-refractivity contribution in [2.75, 3.05) is 13.7 Å². The number of rotatable bonds is 5. The SMILES string of the molecule is CCC(NC)=C1CCCCCC(OCC(=O)O)C1=O. The van der Waals surface area contributed by atoms with Crippen molar-refractivity contribution in [3.63, 3.8) is 0 Å². The predicted octanol–water partition coefficient (Wildman–Crippen LogP) is 1.87. The van der Waals surface area contributed by atoms with E-state index < -0.39 is 18.7 Å². The Bertz CT molecular complexity index is 356. The van der Waals surface area contributed by atoms with E-state index in [1.54, 1.807) is 0 Å². The topological polar surface area (TPSA) is 75.6 Å². The Morgan fingerprint density at radius 1 is 1.42 bits per heavy atom. The molecule has 2 N–H and O–H groups in total. The molecule has 0 aromatic rings. The summed E-state index contributed by atoms with van der Waals surface area (Å²) < 4.78 is 5.25. The molecule has 0 bridgehead atoms. The second-order valence-corrected chi connectivity index (χ2v) is 4.72. The maximum atomic E-state index is 12.5. The highest BCUT2D eigenvalue weighted by Gasteiger charge is 2.26. The van der Waals surface area contributed by atoms with Gasteiger partial charge in [0.15, 0.2) is 5.78 Å². The highest BCUT2D eigenvalue weighted by atomic mass is 16.5. The highest BCUT2D eigenvalue weighted by molar-refractivity contribution is 5.99. The van der Waals surface area contributed by atoms with E-state index in [1.165, 1.54) is 0 Å². The lowest BCUT2D eigenvalue weighted by molar-refractivity contribution is -0.146. The number of allylic oxidation sites excluding steroid dienone is 1. The van der Waals surface area contributed by atoms with Gasteiger partial charge in [-0.25, -0.2) is 4.79 Å². The summed E-state index contributed by atoms with van der Waals surface area (Å²) in [6, 6.07) is 0. The second-order valence-electron chi connectivity index (χ2n) is 4.72. The maximum Gasteiger partial charge on any atom is 0.329 e. The summed E-state index contributed by atoms with van der Waals surface area (Å²) in [5.41, 5.74) is 1.72. The number of ketones is 1. The smallest absolute Gasteiger partial charge is 0.329 e. The Kier molecular flexibility index (Phi) is 6.56.